The first-order valence-electron chi connectivity index (χ1n) is 6.23. The molecule has 0 radical (unpaired) electrons. The molecule has 0 bridgehead atoms. The smallest absolute Gasteiger partial charge is 0.251 e. The minimum absolute atomic E-state index is 0.0193. The summed E-state index contributed by atoms with van der Waals surface area (Å²) >= 11 is 0. The van der Waals surface area contributed by atoms with Crippen LogP contribution in [0.5, 0.6) is 5.75 Å². The van der Waals surface area contributed by atoms with Crippen LogP contribution in [-0.4, -0.2) is 46.4 Å². The van der Waals surface area contributed by atoms with Crippen molar-refractivity contribution in [3.05, 3.63) is 23.8 Å². The number of methoxy groups -OCH3 is 1. The van der Waals surface area contributed by atoms with Crippen LogP contribution in [0.15, 0.2) is 23.1 Å². The third kappa shape index (κ3) is 3.49. The van der Waals surface area contributed by atoms with E-state index < -0.39 is 10.0 Å². The van der Waals surface area contributed by atoms with Gasteiger partial charge in [0.15, 0.2) is 0 Å². The molecule has 0 saturated heterocycles. The summed E-state index contributed by atoms with van der Waals surface area (Å²) in [6.45, 7) is 2.48. The topological polar surface area (TPSA) is 75.7 Å². The Morgan fingerprint density at radius 2 is 2.00 bits per heavy atom. The molecule has 20 heavy (non-hydrogen) atoms. The first kappa shape index (κ1) is 16.5. The van der Waals surface area contributed by atoms with Crippen LogP contribution < -0.4 is 10.1 Å². The fourth-order valence-corrected chi connectivity index (χ4v) is 2.63. The summed E-state index contributed by atoms with van der Waals surface area (Å²) in [4.78, 5) is 11.9. The molecule has 0 saturated carbocycles. The third-order valence-electron chi connectivity index (χ3n) is 2.72. The molecule has 0 aliphatic carbocycles. The third-order valence-corrected chi connectivity index (χ3v) is 4.56. The van der Waals surface area contributed by atoms with Crippen LogP contribution in [0.4, 0.5) is 0 Å². The van der Waals surface area contributed by atoms with E-state index >= 15 is 0 Å². The lowest BCUT2D eigenvalue weighted by atomic mass is 10.2. The van der Waals surface area contributed by atoms with Crippen LogP contribution in [0.3, 0.4) is 0 Å². The normalized spacial score (nSPS) is 11.4. The van der Waals surface area contributed by atoms with Gasteiger partial charge in [0.1, 0.15) is 10.6 Å². The lowest BCUT2D eigenvalue weighted by Crippen LogP contribution is -2.26. The van der Waals surface area contributed by atoms with Gasteiger partial charge in [-0.15, -0.1) is 0 Å². The van der Waals surface area contributed by atoms with Crippen LogP contribution >= 0.6 is 0 Å². The van der Waals surface area contributed by atoms with E-state index in [-0.39, 0.29) is 16.6 Å². The molecule has 1 rings (SSSR count). The Balaban J connectivity index is 3.26. The minimum Gasteiger partial charge on any atom is -0.495 e. The van der Waals surface area contributed by atoms with E-state index in [9.17, 15) is 13.2 Å². The first-order valence-corrected chi connectivity index (χ1v) is 7.67. The number of rotatable bonds is 6. The second-order valence-corrected chi connectivity index (χ2v) is 6.53. The summed E-state index contributed by atoms with van der Waals surface area (Å²) in [7, 11) is 0.580. The Kier molecular flexibility index (Phi) is 5.52. The second kappa shape index (κ2) is 6.71. The van der Waals surface area contributed by atoms with E-state index in [0.29, 0.717) is 12.1 Å². The van der Waals surface area contributed by atoms with Gasteiger partial charge in [-0.1, -0.05) is 6.92 Å². The number of hydrogen-bond acceptors (Lipinski definition) is 4. The Bertz CT molecular complexity index is 582. The van der Waals surface area contributed by atoms with E-state index in [4.69, 9.17) is 4.74 Å². The molecule has 6 nitrogen and oxygen atoms in total. The van der Waals surface area contributed by atoms with Gasteiger partial charge in [0, 0.05) is 26.2 Å². The maximum atomic E-state index is 12.2. The van der Waals surface area contributed by atoms with Crippen molar-refractivity contribution in [3.8, 4) is 5.75 Å². The zero-order chi connectivity index (χ0) is 15.3. The molecule has 1 aromatic rings. The lowest BCUT2D eigenvalue weighted by molar-refractivity contribution is 0.0953. The van der Waals surface area contributed by atoms with Crippen LogP contribution in [0.25, 0.3) is 0 Å². The van der Waals surface area contributed by atoms with Crippen molar-refractivity contribution in [1.29, 1.82) is 0 Å². The zero-order valence-corrected chi connectivity index (χ0v) is 13.0. The van der Waals surface area contributed by atoms with E-state index in [2.05, 4.69) is 5.32 Å². The number of ether oxygens (including phenoxy) is 1. The van der Waals surface area contributed by atoms with Crippen molar-refractivity contribution in [2.45, 2.75) is 18.2 Å². The minimum atomic E-state index is -3.67. The highest BCUT2D eigenvalue weighted by Gasteiger charge is 2.23. The quantitative estimate of drug-likeness (QED) is 0.853. The Hall–Kier alpha value is -1.60. The largest absolute Gasteiger partial charge is 0.495 e. The highest BCUT2D eigenvalue weighted by Crippen LogP contribution is 2.26. The van der Waals surface area contributed by atoms with Crippen LogP contribution in [0.1, 0.15) is 23.7 Å². The van der Waals surface area contributed by atoms with E-state index in [1.54, 1.807) is 6.07 Å². The zero-order valence-electron chi connectivity index (χ0n) is 12.1. The van der Waals surface area contributed by atoms with Gasteiger partial charge in [0.05, 0.1) is 7.11 Å². The van der Waals surface area contributed by atoms with Gasteiger partial charge < -0.3 is 10.1 Å². The number of hydrogen-bond donors (Lipinski definition) is 1. The van der Waals surface area contributed by atoms with E-state index in [1.165, 1.54) is 33.3 Å². The number of sulfonamides is 1. The molecule has 0 fully saturated rings. The van der Waals surface area contributed by atoms with Crippen molar-refractivity contribution >= 4 is 15.9 Å². The Morgan fingerprint density at radius 1 is 1.35 bits per heavy atom. The van der Waals surface area contributed by atoms with Crippen molar-refractivity contribution in [1.82, 2.24) is 9.62 Å². The lowest BCUT2D eigenvalue weighted by Gasteiger charge is -2.15. The van der Waals surface area contributed by atoms with Crippen LogP contribution in [0, 0.1) is 0 Å². The van der Waals surface area contributed by atoms with Gasteiger partial charge in [0.25, 0.3) is 5.91 Å². The molecule has 0 atom stereocenters. The van der Waals surface area contributed by atoms with Crippen molar-refractivity contribution < 1.29 is 17.9 Å². The molecule has 0 aromatic heterocycles. The monoisotopic (exact) mass is 300 g/mol. The molecule has 1 N–H and O–H groups in total. The molecular formula is C13H20N2O4S. The number of nitrogens with one attached hydrogen (secondary N) is 1. The van der Waals surface area contributed by atoms with E-state index in [1.807, 2.05) is 6.92 Å². The van der Waals surface area contributed by atoms with Gasteiger partial charge in [-0.2, -0.15) is 0 Å². The molecule has 0 heterocycles. The van der Waals surface area contributed by atoms with Crippen molar-refractivity contribution in [2.24, 2.45) is 0 Å². The van der Waals surface area contributed by atoms with Gasteiger partial charge in [0.2, 0.25) is 10.0 Å². The van der Waals surface area contributed by atoms with Gasteiger partial charge in [-0.05, 0) is 24.6 Å². The summed E-state index contributed by atoms with van der Waals surface area (Å²) < 4.78 is 30.6. The average molecular weight is 300 g/mol. The van der Waals surface area contributed by atoms with Gasteiger partial charge in [-0.25, -0.2) is 12.7 Å². The number of amides is 1. The predicted molar refractivity (Wildman–Crippen MR) is 76.5 cm³/mol. The molecular weight excluding hydrogens is 280 g/mol. The predicted octanol–water partition coefficient (Wildman–Crippen LogP) is 1.09. The summed E-state index contributed by atoms with van der Waals surface area (Å²) in [6, 6.07) is 4.36. The number of nitrogens with zero attached hydrogens (tertiary/aromatic N) is 1. The molecule has 0 spiro atoms. The highest BCUT2D eigenvalue weighted by molar-refractivity contribution is 7.89. The SMILES string of the molecule is CCCNC(=O)c1ccc(OC)c(S(=O)(=O)N(C)C)c1. The van der Waals surface area contributed by atoms with Crippen LogP contribution in [-0.2, 0) is 10.0 Å². The number of carbonyl (C=O) groups excluding carboxylic acids is 1. The fourth-order valence-electron chi connectivity index (χ4n) is 1.56. The highest BCUT2D eigenvalue weighted by atomic mass is 32.2. The molecule has 0 unspecified atom stereocenters. The van der Waals surface area contributed by atoms with Crippen molar-refractivity contribution in [3.63, 3.8) is 0 Å². The number of carbonyl (C=O) groups is 1. The summed E-state index contributed by atoms with van der Waals surface area (Å²) in [5.41, 5.74) is 0.291. The summed E-state index contributed by atoms with van der Waals surface area (Å²) in [5, 5.41) is 2.71. The summed E-state index contributed by atoms with van der Waals surface area (Å²) in [6.07, 6.45) is 0.810. The standard InChI is InChI=1S/C13H20N2O4S/c1-5-8-14-13(16)10-6-7-11(19-4)12(9-10)20(17,18)15(2)3/h6-7,9H,5,8H2,1-4H3,(H,14,16). The molecule has 1 aromatic carbocycles. The molecule has 112 valence electrons. The summed E-state index contributed by atoms with van der Waals surface area (Å²) in [5.74, 6) is -0.0875. The maximum absolute atomic E-state index is 12.2. The average Bonchev–Trinajstić information content (AvgIpc) is 2.43. The number of benzene rings is 1. The van der Waals surface area contributed by atoms with Gasteiger partial charge in [-0.3, -0.25) is 4.79 Å². The first-order chi connectivity index (χ1) is 9.34. The molecule has 0 aliphatic rings. The molecule has 1 amide bonds. The fraction of sp³-hybridized carbons (Fsp3) is 0.462. The van der Waals surface area contributed by atoms with E-state index in [0.717, 1.165) is 10.7 Å². The Labute approximate surface area is 119 Å². The van der Waals surface area contributed by atoms with Crippen LogP contribution in [0.2, 0.25) is 0 Å². The molecule has 7 heteroatoms. The maximum Gasteiger partial charge on any atom is 0.251 e. The molecule has 0 aliphatic heterocycles. The Morgan fingerprint density at radius 3 is 2.50 bits per heavy atom. The van der Waals surface area contributed by atoms with Crippen molar-refractivity contribution in [2.75, 3.05) is 27.7 Å². The second-order valence-electron chi connectivity index (χ2n) is 4.41. The van der Waals surface area contributed by atoms with Gasteiger partial charge >= 0.3 is 0 Å².